The van der Waals surface area contributed by atoms with E-state index in [4.69, 9.17) is 14.2 Å². The van der Waals surface area contributed by atoms with Gasteiger partial charge in [0.25, 0.3) is 5.91 Å². The molecule has 0 aliphatic carbocycles. The normalized spacial score (nSPS) is 11.6. The van der Waals surface area contributed by atoms with E-state index < -0.39 is 0 Å². The van der Waals surface area contributed by atoms with E-state index in [-0.39, 0.29) is 11.3 Å². The summed E-state index contributed by atoms with van der Waals surface area (Å²) in [7, 11) is 4.65. The Bertz CT molecular complexity index is 1430. The Morgan fingerprint density at radius 1 is 0.973 bits per heavy atom. The largest absolute Gasteiger partial charge is 0.493 e. The van der Waals surface area contributed by atoms with E-state index in [0.717, 1.165) is 20.3 Å². The number of anilines is 1. The molecule has 9 heteroatoms. The van der Waals surface area contributed by atoms with Crippen LogP contribution in [0.5, 0.6) is 17.2 Å². The molecule has 0 fully saturated rings. The van der Waals surface area contributed by atoms with Crippen LogP contribution < -0.4 is 19.2 Å². The second-order valence-corrected chi connectivity index (χ2v) is 11.2. The molecule has 0 N–H and O–H groups in total. The molecule has 0 saturated heterocycles. The Morgan fingerprint density at radius 2 is 1.62 bits per heavy atom. The number of hydrogen-bond donors (Lipinski definition) is 0. The topological polar surface area (TPSA) is 73.2 Å². The first-order valence-electron chi connectivity index (χ1n) is 11.5. The number of nitrogens with zero attached hydrogens (tertiary/aromatic N) is 3. The predicted octanol–water partition coefficient (Wildman–Crippen LogP) is 7.06. The van der Waals surface area contributed by atoms with Gasteiger partial charge in [0.15, 0.2) is 11.5 Å². The highest BCUT2D eigenvalue weighted by Crippen LogP contribution is 2.38. The number of hydrogen-bond acceptors (Lipinski definition) is 7. The number of benzene rings is 3. The number of hydrazone groups is 1. The lowest BCUT2D eigenvalue weighted by atomic mass is 9.87. The maximum absolute atomic E-state index is 13.7. The van der Waals surface area contributed by atoms with E-state index in [0.29, 0.717) is 33.5 Å². The summed E-state index contributed by atoms with van der Waals surface area (Å²) in [6.07, 6.45) is 1.58. The summed E-state index contributed by atoms with van der Waals surface area (Å²) in [6, 6.07) is 16.9. The number of ether oxygens (including phenoxy) is 3. The van der Waals surface area contributed by atoms with Crippen LogP contribution in [0.4, 0.5) is 5.13 Å². The van der Waals surface area contributed by atoms with Crippen LogP contribution in [-0.2, 0) is 5.41 Å². The molecule has 1 amide bonds. The Kier molecular flexibility index (Phi) is 7.85. The summed E-state index contributed by atoms with van der Waals surface area (Å²) in [5, 5.41) is 6.37. The monoisotopic (exact) mass is 581 g/mol. The summed E-state index contributed by atoms with van der Waals surface area (Å²) in [4.78, 5) is 18.4. The molecule has 3 aromatic carbocycles. The molecule has 4 aromatic rings. The SMILES string of the molecule is COc1cc(/C=N/N(C(=O)c2ccc(C(C)(C)C)cc2)c2nc3ccc(Br)cc3s2)cc(OC)c1OC. The average molecular weight is 583 g/mol. The van der Waals surface area contributed by atoms with Gasteiger partial charge in [-0.05, 0) is 53.4 Å². The second-order valence-electron chi connectivity index (χ2n) is 9.26. The minimum atomic E-state index is -0.290. The van der Waals surface area contributed by atoms with Crippen molar-refractivity contribution >= 4 is 54.7 Å². The van der Waals surface area contributed by atoms with Gasteiger partial charge < -0.3 is 14.2 Å². The van der Waals surface area contributed by atoms with Gasteiger partial charge in [0.05, 0.1) is 37.8 Å². The van der Waals surface area contributed by atoms with Crippen LogP contribution in [0.25, 0.3) is 10.2 Å². The van der Waals surface area contributed by atoms with Crippen LogP contribution in [0.15, 0.2) is 64.2 Å². The molecule has 0 saturated carbocycles. The number of fused-ring (bicyclic) bond motifs is 1. The molecular weight excluding hydrogens is 554 g/mol. The zero-order chi connectivity index (χ0) is 26.7. The van der Waals surface area contributed by atoms with Gasteiger partial charge in [-0.15, -0.1) is 0 Å². The number of rotatable bonds is 7. The van der Waals surface area contributed by atoms with Crippen LogP contribution in [0, 0.1) is 0 Å². The zero-order valence-corrected chi connectivity index (χ0v) is 23.9. The van der Waals surface area contributed by atoms with Crippen molar-refractivity contribution in [3.8, 4) is 17.2 Å². The molecule has 192 valence electrons. The quantitative estimate of drug-likeness (QED) is 0.172. The molecule has 1 heterocycles. The van der Waals surface area contributed by atoms with Crippen LogP contribution in [0.1, 0.15) is 42.3 Å². The highest BCUT2D eigenvalue weighted by Gasteiger charge is 2.23. The van der Waals surface area contributed by atoms with E-state index in [1.807, 2.05) is 42.5 Å². The lowest BCUT2D eigenvalue weighted by Crippen LogP contribution is -2.26. The van der Waals surface area contributed by atoms with Crippen molar-refractivity contribution in [3.63, 3.8) is 0 Å². The maximum atomic E-state index is 13.7. The van der Waals surface area contributed by atoms with Gasteiger partial charge in [0.2, 0.25) is 10.9 Å². The Hall–Kier alpha value is -3.43. The van der Waals surface area contributed by atoms with Gasteiger partial charge in [-0.25, -0.2) is 4.98 Å². The highest BCUT2D eigenvalue weighted by atomic mass is 79.9. The van der Waals surface area contributed by atoms with E-state index in [9.17, 15) is 4.79 Å². The second kappa shape index (κ2) is 10.9. The fourth-order valence-corrected chi connectivity index (χ4v) is 5.17. The molecule has 0 unspecified atom stereocenters. The van der Waals surface area contributed by atoms with E-state index in [1.165, 1.54) is 16.3 Å². The van der Waals surface area contributed by atoms with Gasteiger partial charge >= 0.3 is 0 Å². The van der Waals surface area contributed by atoms with Gasteiger partial charge in [-0.2, -0.15) is 10.1 Å². The van der Waals surface area contributed by atoms with Crippen molar-refractivity contribution in [2.45, 2.75) is 26.2 Å². The lowest BCUT2D eigenvalue weighted by Gasteiger charge is -2.20. The summed E-state index contributed by atoms with van der Waals surface area (Å²) in [5.74, 6) is 1.17. The van der Waals surface area contributed by atoms with Gasteiger partial charge in [-0.1, -0.05) is 60.2 Å². The fraction of sp³-hybridized carbons (Fsp3) is 0.250. The smallest absolute Gasteiger partial charge is 0.280 e. The Morgan fingerprint density at radius 3 is 2.19 bits per heavy atom. The minimum Gasteiger partial charge on any atom is -0.493 e. The number of carbonyl (C=O) groups excluding carboxylic acids is 1. The van der Waals surface area contributed by atoms with E-state index >= 15 is 0 Å². The first kappa shape index (κ1) is 26.6. The van der Waals surface area contributed by atoms with Crippen LogP contribution in [0.3, 0.4) is 0 Å². The molecule has 0 bridgehead atoms. The van der Waals surface area contributed by atoms with Gasteiger partial charge in [-0.3, -0.25) is 4.79 Å². The highest BCUT2D eigenvalue weighted by molar-refractivity contribution is 9.10. The van der Waals surface area contributed by atoms with Crippen molar-refractivity contribution in [3.05, 3.63) is 75.8 Å². The van der Waals surface area contributed by atoms with E-state index in [1.54, 1.807) is 39.7 Å². The van der Waals surface area contributed by atoms with Gasteiger partial charge in [0.1, 0.15) is 0 Å². The molecule has 1 aromatic heterocycles. The molecule has 0 radical (unpaired) electrons. The summed E-state index contributed by atoms with van der Waals surface area (Å²) in [5.41, 5.74) is 3.08. The van der Waals surface area contributed by atoms with Crippen molar-refractivity contribution in [1.82, 2.24) is 4.98 Å². The molecule has 0 atom stereocenters. The molecule has 4 rings (SSSR count). The van der Waals surface area contributed by atoms with E-state index in [2.05, 4.69) is 46.8 Å². The fourth-order valence-electron chi connectivity index (χ4n) is 3.70. The maximum Gasteiger partial charge on any atom is 0.280 e. The molecular formula is C28H28BrN3O4S. The standard InChI is InChI=1S/C28H28BrN3O4S/c1-28(2,3)19-9-7-18(8-10-19)26(33)32(27-31-21-12-11-20(29)15-24(21)37-27)30-16-17-13-22(34-4)25(36-6)23(14-17)35-5/h7-16H,1-6H3/b30-16+. The van der Waals surface area contributed by atoms with Crippen molar-refractivity contribution < 1.29 is 19.0 Å². The zero-order valence-electron chi connectivity index (χ0n) is 21.5. The number of carbonyl (C=O) groups is 1. The number of amides is 1. The van der Waals surface area contributed by atoms with Gasteiger partial charge in [0, 0.05) is 15.6 Å². The molecule has 0 spiro atoms. The van der Waals surface area contributed by atoms with Crippen molar-refractivity contribution in [2.24, 2.45) is 5.10 Å². The molecule has 0 aliphatic rings. The van der Waals surface area contributed by atoms with Crippen molar-refractivity contribution in [2.75, 3.05) is 26.3 Å². The lowest BCUT2D eigenvalue weighted by molar-refractivity contribution is 0.0988. The average Bonchev–Trinajstić information content (AvgIpc) is 3.30. The Labute approximate surface area is 228 Å². The van der Waals surface area contributed by atoms with Crippen LogP contribution in [0.2, 0.25) is 0 Å². The number of methoxy groups -OCH3 is 3. The molecule has 0 aliphatic heterocycles. The number of aromatic nitrogens is 1. The van der Waals surface area contributed by atoms with Crippen LogP contribution in [-0.4, -0.2) is 38.4 Å². The summed E-state index contributed by atoms with van der Waals surface area (Å²) in [6.45, 7) is 6.41. The molecule has 7 nitrogen and oxygen atoms in total. The predicted molar refractivity (Wildman–Crippen MR) is 153 cm³/mol. The summed E-state index contributed by atoms with van der Waals surface area (Å²) >= 11 is 4.89. The first-order chi connectivity index (χ1) is 17.6. The minimum absolute atomic E-state index is 0.0215. The third-order valence-corrected chi connectivity index (χ3v) is 7.21. The first-order valence-corrected chi connectivity index (χ1v) is 13.1. The number of halogens is 1. The summed E-state index contributed by atoms with van der Waals surface area (Å²) < 4.78 is 18.2. The third-order valence-electron chi connectivity index (χ3n) is 5.72. The van der Waals surface area contributed by atoms with Crippen molar-refractivity contribution in [1.29, 1.82) is 0 Å². The Balaban J connectivity index is 1.77. The van der Waals surface area contributed by atoms with Crippen LogP contribution >= 0.6 is 27.3 Å². The third kappa shape index (κ3) is 5.78. The molecule has 37 heavy (non-hydrogen) atoms. The number of thiazole rings is 1.